The third kappa shape index (κ3) is 1.92. The Kier molecular flexibility index (Phi) is 2.63. The molecule has 1 saturated heterocycles. The molecular weight excluding hydrogens is 131 g/mol. The minimum Gasteiger partial charge on any atom is -0.326 e. The summed E-state index contributed by atoms with van der Waals surface area (Å²) in [4.78, 5) is 2.05. The van der Waals surface area contributed by atoms with Crippen molar-refractivity contribution in [1.29, 1.82) is 0 Å². The molecule has 0 bridgehead atoms. The van der Waals surface area contributed by atoms with Gasteiger partial charge in [-0.2, -0.15) is 0 Å². The van der Waals surface area contributed by atoms with Crippen molar-refractivity contribution in [3.05, 3.63) is 0 Å². The predicted octanol–water partition coefficient (Wildman–Crippen LogP) is 0.377. The van der Waals surface area contributed by atoms with E-state index in [1.54, 1.807) is 0 Å². The Labute approximate surface area is 61.2 Å². The van der Waals surface area contributed by atoms with E-state index in [1.165, 1.54) is 0 Å². The number of likely N-dealkylation sites (tertiary alicyclic amines) is 1. The van der Waals surface area contributed by atoms with Crippen LogP contribution in [0.1, 0.15) is 13.3 Å². The molecule has 1 heterocycles. The van der Waals surface area contributed by atoms with Crippen LogP contribution in [-0.4, -0.2) is 36.7 Å². The maximum Gasteiger partial charge on any atom is 0.114 e. The molecule has 60 valence electrons. The molecule has 0 unspecified atom stereocenters. The van der Waals surface area contributed by atoms with Crippen LogP contribution in [0, 0.1) is 0 Å². The van der Waals surface area contributed by atoms with Gasteiger partial charge in [0.05, 0.1) is 0 Å². The number of hydrogen-bond donors (Lipinski definition) is 1. The van der Waals surface area contributed by atoms with E-state index in [0.29, 0.717) is 13.0 Å². The Morgan fingerprint density at radius 2 is 2.30 bits per heavy atom. The van der Waals surface area contributed by atoms with E-state index in [-0.39, 0.29) is 6.04 Å². The van der Waals surface area contributed by atoms with E-state index in [2.05, 4.69) is 4.90 Å². The van der Waals surface area contributed by atoms with Crippen molar-refractivity contribution in [2.24, 2.45) is 5.73 Å². The van der Waals surface area contributed by atoms with Crippen molar-refractivity contribution in [3.8, 4) is 0 Å². The zero-order valence-corrected chi connectivity index (χ0v) is 6.39. The summed E-state index contributed by atoms with van der Waals surface area (Å²) in [7, 11) is 0. The average molecular weight is 146 g/mol. The molecule has 2 N–H and O–H groups in total. The number of hydrogen-bond acceptors (Lipinski definition) is 2. The molecule has 0 spiro atoms. The minimum absolute atomic E-state index is 0.0451. The fourth-order valence-corrected chi connectivity index (χ4v) is 1.42. The smallest absolute Gasteiger partial charge is 0.114 e. The predicted molar refractivity (Wildman–Crippen MR) is 39.6 cm³/mol. The Morgan fingerprint density at radius 3 is 2.80 bits per heavy atom. The Morgan fingerprint density at radius 1 is 1.60 bits per heavy atom. The second-order valence-electron chi connectivity index (χ2n) is 2.95. The molecule has 10 heavy (non-hydrogen) atoms. The van der Waals surface area contributed by atoms with Gasteiger partial charge in [-0.3, -0.25) is 4.90 Å². The van der Waals surface area contributed by atoms with Gasteiger partial charge in [-0.25, -0.2) is 4.39 Å². The van der Waals surface area contributed by atoms with Gasteiger partial charge in [-0.1, -0.05) is 6.92 Å². The summed E-state index contributed by atoms with van der Waals surface area (Å²) < 4.78 is 12.7. The highest BCUT2D eigenvalue weighted by Crippen LogP contribution is 2.11. The summed E-state index contributed by atoms with van der Waals surface area (Å²) in [5, 5.41) is 0. The molecule has 1 fully saturated rings. The van der Waals surface area contributed by atoms with Gasteiger partial charge in [0.1, 0.15) is 6.17 Å². The van der Waals surface area contributed by atoms with Gasteiger partial charge in [-0.05, 0) is 13.0 Å². The Hall–Kier alpha value is -0.150. The van der Waals surface area contributed by atoms with Crippen molar-refractivity contribution in [1.82, 2.24) is 4.90 Å². The van der Waals surface area contributed by atoms with Gasteiger partial charge >= 0.3 is 0 Å². The van der Waals surface area contributed by atoms with Gasteiger partial charge < -0.3 is 5.73 Å². The van der Waals surface area contributed by atoms with Crippen molar-refractivity contribution >= 4 is 0 Å². The van der Waals surface area contributed by atoms with E-state index in [4.69, 9.17) is 5.73 Å². The molecule has 2 nitrogen and oxygen atoms in total. The SMILES string of the molecule is CCN1C[C@@H](N)C[C@H](F)C1. The lowest BCUT2D eigenvalue weighted by molar-refractivity contribution is 0.129. The molecule has 0 aromatic carbocycles. The first kappa shape index (κ1) is 7.95. The summed E-state index contributed by atoms with van der Waals surface area (Å²) in [6.45, 7) is 4.38. The molecule has 1 rings (SSSR count). The topological polar surface area (TPSA) is 29.3 Å². The van der Waals surface area contributed by atoms with E-state index < -0.39 is 6.17 Å². The molecular formula is C7H15FN2. The molecule has 0 saturated carbocycles. The van der Waals surface area contributed by atoms with Crippen molar-refractivity contribution in [2.45, 2.75) is 25.6 Å². The summed E-state index contributed by atoms with van der Waals surface area (Å²) in [6.07, 6.45) is -0.167. The van der Waals surface area contributed by atoms with Crippen molar-refractivity contribution in [2.75, 3.05) is 19.6 Å². The number of nitrogens with two attached hydrogens (primary N) is 1. The molecule has 0 aromatic heterocycles. The molecule has 0 aliphatic carbocycles. The first-order valence-corrected chi connectivity index (χ1v) is 3.84. The number of nitrogens with zero attached hydrogens (tertiary/aromatic N) is 1. The second-order valence-corrected chi connectivity index (χ2v) is 2.95. The van der Waals surface area contributed by atoms with Crippen molar-refractivity contribution in [3.63, 3.8) is 0 Å². The van der Waals surface area contributed by atoms with Crippen LogP contribution in [0.2, 0.25) is 0 Å². The van der Waals surface area contributed by atoms with Crippen LogP contribution >= 0.6 is 0 Å². The van der Waals surface area contributed by atoms with Crippen molar-refractivity contribution < 1.29 is 4.39 Å². The Balaban J connectivity index is 2.35. The van der Waals surface area contributed by atoms with Crippen LogP contribution in [0.5, 0.6) is 0 Å². The third-order valence-electron chi connectivity index (χ3n) is 1.95. The van der Waals surface area contributed by atoms with E-state index in [9.17, 15) is 4.39 Å². The number of alkyl halides is 1. The fraction of sp³-hybridized carbons (Fsp3) is 1.00. The first-order valence-electron chi connectivity index (χ1n) is 3.84. The van der Waals surface area contributed by atoms with Crippen LogP contribution in [0.3, 0.4) is 0 Å². The number of halogens is 1. The average Bonchev–Trinajstić information content (AvgIpc) is 1.85. The van der Waals surface area contributed by atoms with Crippen LogP contribution in [0.15, 0.2) is 0 Å². The zero-order valence-electron chi connectivity index (χ0n) is 6.39. The number of likely N-dealkylation sites (N-methyl/N-ethyl adjacent to an activating group) is 1. The van der Waals surface area contributed by atoms with E-state index >= 15 is 0 Å². The highest BCUT2D eigenvalue weighted by molar-refractivity contribution is 4.80. The minimum atomic E-state index is -0.705. The first-order chi connectivity index (χ1) is 4.72. The largest absolute Gasteiger partial charge is 0.326 e. The molecule has 1 aliphatic heterocycles. The normalized spacial score (nSPS) is 36.3. The second kappa shape index (κ2) is 3.30. The zero-order chi connectivity index (χ0) is 7.56. The van der Waals surface area contributed by atoms with E-state index in [1.807, 2.05) is 6.92 Å². The number of rotatable bonds is 1. The molecule has 1 aliphatic rings. The van der Waals surface area contributed by atoms with Gasteiger partial charge in [-0.15, -0.1) is 0 Å². The van der Waals surface area contributed by atoms with Crippen LogP contribution in [0.4, 0.5) is 4.39 Å². The summed E-state index contributed by atoms with van der Waals surface area (Å²) in [6, 6.07) is 0.0451. The lowest BCUT2D eigenvalue weighted by Gasteiger charge is -2.31. The monoisotopic (exact) mass is 146 g/mol. The van der Waals surface area contributed by atoms with Gasteiger partial charge in [0.25, 0.3) is 0 Å². The van der Waals surface area contributed by atoms with Crippen LogP contribution < -0.4 is 5.73 Å². The third-order valence-corrected chi connectivity index (χ3v) is 1.95. The summed E-state index contributed by atoms with van der Waals surface area (Å²) in [5.74, 6) is 0. The lowest BCUT2D eigenvalue weighted by Crippen LogP contribution is -2.47. The van der Waals surface area contributed by atoms with Gasteiger partial charge in [0.15, 0.2) is 0 Å². The molecule has 0 radical (unpaired) electrons. The molecule has 2 atom stereocenters. The quantitative estimate of drug-likeness (QED) is 0.579. The fourth-order valence-electron chi connectivity index (χ4n) is 1.42. The lowest BCUT2D eigenvalue weighted by atomic mass is 10.1. The maximum absolute atomic E-state index is 12.7. The molecule has 0 amide bonds. The molecule has 0 aromatic rings. The summed E-state index contributed by atoms with van der Waals surface area (Å²) >= 11 is 0. The van der Waals surface area contributed by atoms with Gasteiger partial charge in [0.2, 0.25) is 0 Å². The van der Waals surface area contributed by atoms with Gasteiger partial charge in [0, 0.05) is 19.1 Å². The van der Waals surface area contributed by atoms with Crippen LogP contribution in [-0.2, 0) is 0 Å². The van der Waals surface area contributed by atoms with Crippen LogP contribution in [0.25, 0.3) is 0 Å². The molecule has 3 heteroatoms. The maximum atomic E-state index is 12.7. The standard InChI is InChI=1S/C7H15FN2/c1-2-10-4-6(8)3-7(9)5-10/h6-7H,2-5,9H2,1H3/t6-,7-/m0/s1. The Bertz CT molecular complexity index is 97.8. The van der Waals surface area contributed by atoms with E-state index in [0.717, 1.165) is 13.1 Å². The number of piperidine rings is 1. The highest BCUT2D eigenvalue weighted by Gasteiger charge is 2.22. The highest BCUT2D eigenvalue weighted by atomic mass is 19.1. The summed E-state index contributed by atoms with van der Waals surface area (Å²) in [5.41, 5.74) is 5.61.